The van der Waals surface area contributed by atoms with Crippen molar-refractivity contribution in [2.75, 3.05) is 20.6 Å². The maximum Gasteiger partial charge on any atom is 0.325 e. The fraction of sp³-hybridized carbons (Fsp3) is 0.600. The zero-order valence-corrected chi connectivity index (χ0v) is 10.6. The standard InChI is InChI=1S/C10H17N5O3/c1-7(4-14(2)3)11-10(18)8-5-15(13-12-8)6-9(16)17/h5,7H,4,6H2,1-3H3,(H,11,18)(H,16,17). The van der Waals surface area contributed by atoms with Crippen molar-refractivity contribution in [3.8, 4) is 0 Å². The number of carboxylic acids is 1. The summed E-state index contributed by atoms with van der Waals surface area (Å²) in [7, 11) is 3.82. The Morgan fingerprint density at radius 3 is 2.78 bits per heavy atom. The Morgan fingerprint density at radius 1 is 1.56 bits per heavy atom. The Hall–Kier alpha value is -1.96. The molecule has 0 aliphatic rings. The number of carboxylic acid groups (broad SMARTS) is 1. The Morgan fingerprint density at radius 2 is 2.22 bits per heavy atom. The van der Waals surface area contributed by atoms with Gasteiger partial charge in [-0.05, 0) is 21.0 Å². The highest BCUT2D eigenvalue weighted by Crippen LogP contribution is 1.95. The van der Waals surface area contributed by atoms with Gasteiger partial charge in [-0.15, -0.1) is 5.10 Å². The summed E-state index contributed by atoms with van der Waals surface area (Å²) >= 11 is 0. The molecule has 18 heavy (non-hydrogen) atoms. The third kappa shape index (κ3) is 4.50. The van der Waals surface area contributed by atoms with Crippen molar-refractivity contribution in [3.05, 3.63) is 11.9 Å². The van der Waals surface area contributed by atoms with Gasteiger partial charge in [-0.3, -0.25) is 9.59 Å². The Kier molecular flexibility index (Phi) is 4.78. The molecule has 1 rings (SSSR count). The minimum absolute atomic E-state index is 0.0304. The van der Waals surface area contributed by atoms with Crippen LogP contribution < -0.4 is 5.32 Å². The van der Waals surface area contributed by atoms with Crippen molar-refractivity contribution < 1.29 is 14.7 Å². The summed E-state index contributed by atoms with van der Waals surface area (Å²) in [5, 5.41) is 18.5. The molecule has 0 aliphatic carbocycles. The van der Waals surface area contributed by atoms with Crippen LogP contribution in [-0.2, 0) is 11.3 Å². The molecule has 1 aromatic rings. The van der Waals surface area contributed by atoms with Gasteiger partial charge in [0.05, 0.1) is 6.20 Å². The second-order valence-corrected chi connectivity index (χ2v) is 4.33. The molecule has 8 nitrogen and oxygen atoms in total. The van der Waals surface area contributed by atoms with E-state index in [0.29, 0.717) is 6.54 Å². The van der Waals surface area contributed by atoms with Crippen molar-refractivity contribution in [1.82, 2.24) is 25.2 Å². The minimum Gasteiger partial charge on any atom is -0.480 e. The molecule has 0 aromatic carbocycles. The van der Waals surface area contributed by atoms with Gasteiger partial charge >= 0.3 is 5.97 Å². The number of nitrogens with zero attached hydrogens (tertiary/aromatic N) is 4. The number of aliphatic carboxylic acids is 1. The van der Waals surface area contributed by atoms with E-state index in [2.05, 4.69) is 15.6 Å². The van der Waals surface area contributed by atoms with Crippen molar-refractivity contribution >= 4 is 11.9 Å². The lowest BCUT2D eigenvalue weighted by Gasteiger charge is -2.17. The molecule has 0 fully saturated rings. The van der Waals surface area contributed by atoms with E-state index in [1.54, 1.807) is 0 Å². The predicted octanol–water partition coefficient (Wildman–Crippen LogP) is -0.957. The van der Waals surface area contributed by atoms with Crippen LogP contribution in [0.15, 0.2) is 6.20 Å². The van der Waals surface area contributed by atoms with Crippen LogP contribution in [0.5, 0.6) is 0 Å². The van der Waals surface area contributed by atoms with E-state index < -0.39 is 5.97 Å². The van der Waals surface area contributed by atoms with Gasteiger partial charge in [0.25, 0.3) is 5.91 Å². The van der Waals surface area contributed by atoms with E-state index in [0.717, 1.165) is 4.68 Å². The summed E-state index contributed by atoms with van der Waals surface area (Å²) in [6.45, 7) is 2.27. The highest BCUT2D eigenvalue weighted by atomic mass is 16.4. The molecular formula is C10H17N5O3. The number of likely N-dealkylation sites (N-methyl/N-ethyl adjacent to an activating group) is 1. The van der Waals surface area contributed by atoms with Gasteiger partial charge in [0.15, 0.2) is 5.69 Å². The third-order valence-corrected chi connectivity index (χ3v) is 2.09. The Bertz CT molecular complexity index is 429. The fourth-order valence-electron chi connectivity index (χ4n) is 1.51. The van der Waals surface area contributed by atoms with Gasteiger partial charge in [0.1, 0.15) is 6.54 Å². The Labute approximate surface area is 105 Å². The van der Waals surface area contributed by atoms with Crippen LogP contribution in [0, 0.1) is 0 Å². The molecule has 0 saturated carbocycles. The zero-order valence-electron chi connectivity index (χ0n) is 10.6. The zero-order chi connectivity index (χ0) is 13.7. The molecule has 1 atom stereocenters. The number of rotatable bonds is 6. The van der Waals surface area contributed by atoms with Gasteiger partial charge in [0, 0.05) is 12.6 Å². The van der Waals surface area contributed by atoms with Gasteiger partial charge in [0.2, 0.25) is 0 Å². The van der Waals surface area contributed by atoms with Crippen LogP contribution >= 0.6 is 0 Å². The molecular weight excluding hydrogens is 238 g/mol. The van der Waals surface area contributed by atoms with Crippen LogP contribution in [0.3, 0.4) is 0 Å². The lowest BCUT2D eigenvalue weighted by Crippen LogP contribution is -2.39. The molecule has 1 heterocycles. The first-order valence-corrected chi connectivity index (χ1v) is 5.46. The van der Waals surface area contributed by atoms with Gasteiger partial charge in [-0.2, -0.15) is 0 Å². The number of carbonyl (C=O) groups excluding carboxylic acids is 1. The summed E-state index contributed by atoms with van der Waals surface area (Å²) < 4.78 is 1.11. The molecule has 0 spiro atoms. The maximum atomic E-state index is 11.7. The van der Waals surface area contributed by atoms with E-state index in [9.17, 15) is 9.59 Å². The van der Waals surface area contributed by atoms with Crippen LogP contribution in [0.25, 0.3) is 0 Å². The SMILES string of the molecule is CC(CN(C)C)NC(=O)c1cn(CC(=O)O)nn1. The summed E-state index contributed by atoms with van der Waals surface area (Å²) in [4.78, 5) is 24.1. The molecule has 1 aromatic heterocycles. The first-order valence-electron chi connectivity index (χ1n) is 5.46. The monoisotopic (exact) mass is 255 g/mol. The van der Waals surface area contributed by atoms with Crippen LogP contribution in [0.1, 0.15) is 17.4 Å². The van der Waals surface area contributed by atoms with Crippen molar-refractivity contribution in [3.63, 3.8) is 0 Å². The van der Waals surface area contributed by atoms with E-state index in [1.807, 2.05) is 25.9 Å². The van der Waals surface area contributed by atoms with E-state index in [1.165, 1.54) is 6.20 Å². The predicted molar refractivity (Wildman–Crippen MR) is 63.1 cm³/mol. The van der Waals surface area contributed by atoms with E-state index in [-0.39, 0.29) is 24.2 Å². The highest BCUT2D eigenvalue weighted by Gasteiger charge is 2.14. The van der Waals surface area contributed by atoms with Crippen LogP contribution in [-0.4, -0.2) is 63.6 Å². The molecule has 2 N–H and O–H groups in total. The van der Waals surface area contributed by atoms with E-state index >= 15 is 0 Å². The maximum absolute atomic E-state index is 11.7. The van der Waals surface area contributed by atoms with Gasteiger partial charge < -0.3 is 15.3 Å². The second-order valence-electron chi connectivity index (χ2n) is 4.33. The average molecular weight is 255 g/mol. The highest BCUT2D eigenvalue weighted by molar-refractivity contribution is 5.92. The largest absolute Gasteiger partial charge is 0.480 e. The molecule has 1 unspecified atom stereocenters. The number of nitrogens with one attached hydrogen (secondary N) is 1. The summed E-state index contributed by atoms with van der Waals surface area (Å²) in [6, 6.07) is -0.0304. The number of hydrogen-bond acceptors (Lipinski definition) is 5. The average Bonchev–Trinajstić information content (AvgIpc) is 2.63. The molecule has 0 bridgehead atoms. The normalized spacial score (nSPS) is 12.4. The second kappa shape index (κ2) is 6.10. The number of aromatic nitrogens is 3. The molecule has 0 aliphatic heterocycles. The fourth-order valence-corrected chi connectivity index (χ4v) is 1.51. The van der Waals surface area contributed by atoms with Crippen molar-refractivity contribution in [1.29, 1.82) is 0 Å². The smallest absolute Gasteiger partial charge is 0.325 e. The molecule has 100 valence electrons. The van der Waals surface area contributed by atoms with Gasteiger partial charge in [-0.1, -0.05) is 5.21 Å². The van der Waals surface area contributed by atoms with Crippen LogP contribution in [0.4, 0.5) is 0 Å². The topological polar surface area (TPSA) is 100 Å². The molecule has 0 saturated heterocycles. The van der Waals surface area contributed by atoms with Crippen molar-refractivity contribution in [2.45, 2.75) is 19.5 Å². The summed E-state index contributed by atoms with van der Waals surface area (Å²) in [5.74, 6) is -1.39. The number of amides is 1. The first kappa shape index (κ1) is 14.1. The minimum atomic E-state index is -1.03. The first-order chi connectivity index (χ1) is 8.38. The van der Waals surface area contributed by atoms with E-state index in [4.69, 9.17) is 5.11 Å². The lowest BCUT2D eigenvalue weighted by molar-refractivity contribution is -0.137. The summed E-state index contributed by atoms with van der Waals surface area (Å²) in [5.41, 5.74) is 0.113. The molecule has 0 radical (unpaired) electrons. The quantitative estimate of drug-likeness (QED) is 0.679. The third-order valence-electron chi connectivity index (χ3n) is 2.09. The van der Waals surface area contributed by atoms with Gasteiger partial charge in [-0.25, -0.2) is 4.68 Å². The summed E-state index contributed by atoms with van der Waals surface area (Å²) in [6.07, 6.45) is 1.31. The molecule has 1 amide bonds. The molecule has 8 heteroatoms. The Balaban J connectivity index is 2.56. The lowest BCUT2D eigenvalue weighted by atomic mass is 10.3. The number of hydrogen-bond donors (Lipinski definition) is 2. The van der Waals surface area contributed by atoms with Crippen molar-refractivity contribution in [2.24, 2.45) is 0 Å². The number of carbonyl (C=O) groups is 2. The van der Waals surface area contributed by atoms with Crippen LogP contribution in [0.2, 0.25) is 0 Å².